The lowest BCUT2D eigenvalue weighted by atomic mass is 10.3. The van der Waals surface area contributed by atoms with Crippen molar-refractivity contribution in [1.82, 2.24) is 24.6 Å². The number of hydrogen-bond donors (Lipinski definition) is 0. The minimum atomic E-state index is -0.00206. The highest BCUT2D eigenvalue weighted by Crippen LogP contribution is 2.14. The third-order valence-electron chi connectivity index (χ3n) is 3.78. The minimum Gasteiger partial charge on any atom is -0.353 e. The van der Waals surface area contributed by atoms with Crippen LogP contribution >= 0.6 is 0 Å². The molecule has 116 valence electrons. The Morgan fingerprint density at radius 1 is 1.18 bits per heavy atom. The van der Waals surface area contributed by atoms with Gasteiger partial charge in [0.05, 0.1) is 11.9 Å². The molecule has 0 spiro atoms. The monoisotopic (exact) mass is 300 g/mol. The molecule has 1 aliphatic heterocycles. The maximum atomic E-state index is 12.5. The average molecular weight is 300 g/mol. The van der Waals surface area contributed by atoms with Crippen molar-refractivity contribution in [2.75, 3.05) is 31.1 Å². The Kier molecular flexibility index (Phi) is 4.04. The number of aromatic nitrogens is 4. The van der Waals surface area contributed by atoms with E-state index in [1.165, 1.54) is 0 Å². The Morgan fingerprint density at radius 2 is 2.05 bits per heavy atom. The summed E-state index contributed by atoms with van der Waals surface area (Å²) in [5.74, 6) is 0.880. The number of rotatable bonds is 2. The van der Waals surface area contributed by atoms with E-state index in [9.17, 15) is 4.79 Å². The summed E-state index contributed by atoms with van der Waals surface area (Å²) in [6, 6.07) is 1.76. The molecule has 0 N–H and O–H groups in total. The largest absolute Gasteiger partial charge is 0.353 e. The molecule has 7 heteroatoms. The molecule has 0 aromatic carbocycles. The van der Waals surface area contributed by atoms with E-state index in [0.717, 1.165) is 37.6 Å². The van der Waals surface area contributed by atoms with Gasteiger partial charge in [0, 0.05) is 45.6 Å². The molecule has 1 saturated heterocycles. The molecule has 0 radical (unpaired) electrons. The predicted molar refractivity (Wildman–Crippen MR) is 82.7 cm³/mol. The normalized spacial score (nSPS) is 15.7. The van der Waals surface area contributed by atoms with Crippen LogP contribution in [0.15, 0.2) is 24.7 Å². The summed E-state index contributed by atoms with van der Waals surface area (Å²) >= 11 is 0. The van der Waals surface area contributed by atoms with Gasteiger partial charge in [0.1, 0.15) is 11.5 Å². The highest BCUT2D eigenvalue weighted by molar-refractivity contribution is 5.92. The fraction of sp³-hybridized carbons (Fsp3) is 0.467. The van der Waals surface area contributed by atoms with Crippen LogP contribution < -0.4 is 4.90 Å². The number of hydrogen-bond acceptors (Lipinski definition) is 5. The van der Waals surface area contributed by atoms with E-state index >= 15 is 0 Å². The molecule has 0 atom stereocenters. The molecule has 22 heavy (non-hydrogen) atoms. The van der Waals surface area contributed by atoms with Gasteiger partial charge >= 0.3 is 0 Å². The van der Waals surface area contributed by atoms with E-state index in [-0.39, 0.29) is 5.91 Å². The van der Waals surface area contributed by atoms with Gasteiger partial charge in [0.25, 0.3) is 5.91 Å². The van der Waals surface area contributed by atoms with Crippen molar-refractivity contribution in [1.29, 1.82) is 0 Å². The summed E-state index contributed by atoms with van der Waals surface area (Å²) in [5.41, 5.74) is 1.41. The van der Waals surface area contributed by atoms with Gasteiger partial charge in [-0.2, -0.15) is 5.10 Å². The molecule has 0 saturated carbocycles. The Balaban J connectivity index is 1.68. The highest BCUT2D eigenvalue weighted by Gasteiger charge is 2.22. The van der Waals surface area contributed by atoms with Crippen molar-refractivity contribution in [2.45, 2.75) is 13.3 Å². The van der Waals surface area contributed by atoms with Gasteiger partial charge in [-0.3, -0.25) is 14.5 Å². The fourth-order valence-electron chi connectivity index (χ4n) is 2.64. The van der Waals surface area contributed by atoms with Crippen molar-refractivity contribution in [3.8, 4) is 0 Å². The first-order valence-electron chi connectivity index (χ1n) is 7.46. The van der Waals surface area contributed by atoms with Gasteiger partial charge in [-0.25, -0.2) is 4.98 Å². The molecule has 7 nitrogen and oxygen atoms in total. The van der Waals surface area contributed by atoms with E-state index < -0.39 is 0 Å². The molecular formula is C15H20N6O. The highest BCUT2D eigenvalue weighted by atomic mass is 16.2. The summed E-state index contributed by atoms with van der Waals surface area (Å²) in [6.45, 7) is 4.99. The molecule has 0 bridgehead atoms. The van der Waals surface area contributed by atoms with Crippen molar-refractivity contribution in [3.05, 3.63) is 36.0 Å². The number of nitrogens with zero attached hydrogens (tertiary/aromatic N) is 6. The predicted octanol–water partition coefficient (Wildman–Crippen LogP) is 0.871. The number of amides is 1. The Hall–Kier alpha value is -2.44. The van der Waals surface area contributed by atoms with Crippen LogP contribution in [0.25, 0.3) is 0 Å². The van der Waals surface area contributed by atoms with Crippen LogP contribution in [0.1, 0.15) is 22.6 Å². The van der Waals surface area contributed by atoms with Gasteiger partial charge in [-0.1, -0.05) is 0 Å². The van der Waals surface area contributed by atoms with Gasteiger partial charge in [0.2, 0.25) is 0 Å². The zero-order valence-corrected chi connectivity index (χ0v) is 12.9. The van der Waals surface area contributed by atoms with E-state index in [0.29, 0.717) is 12.2 Å². The van der Waals surface area contributed by atoms with Crippen LogP contribution in [-0.2, 0) is 7.05 Å². The molecule has 3 rings (SSSR count). The van der Waals surface area contributed by atoms with Gasteiger partial charge < -0.3 is 9.80 Å². The number of anilines is 1. The second kappa shape index (κ2) is 6.13. The maximum Gasteiger partial charge on any atom is 0.274 e. The Bertz CT molecular complexity index is 668. The third-order valence-corrected chi connectivity index (χ3v) is 3.78. The van der Waals surface area contributed by atoms with Crippen LogP contribution in [0.3, 0.4) is 0 Å². The fourth-order valence-corrected chi connectivity index (χ4v) is 2.64. The summed E-state index contributed by atoms with van der Waals surface area (Å²) in [4.78, 5) is 25.2. The summed E-state index contributed by atoms with van der Waals surface area (Å²) < 4.78 is 1.65. The maximum absolute atomic E-state index is 12.5. The second-order valence-electron chi connectivity index (χ2n) is 5.53. The molecule has 0 aliphatic carbocycles. The topological polar surface area (TPSA) is 67.2 Å². The van der Waals surface area contributed by atoms with Crippen molar-refractivity contribution in [3.63, 3.8) is 0 Å². The number of aryl methyl sites for hydroxylation is 2. The molecule has 2 aromatic rings. The van der Waals surface area contributed by atoms with Gasteiger partial charge in [0.15, 0.2) is 0 Å². The first-order valence-corrected chi connectivity index (χ1v) is 7.46. The van der Waals surface area contributed by atoms with E-state index in [4.69, 9.17) is 0 Å². The molecule has 1 fully saturated rings. The zero-order valence-electron chi connectivity index (χ0n) is 12.9. The van der Waals surface area contributed by atoms with Crippen molar-refractivity contribution >= 4 is 11.7 Å². The number of carbonyl (C=O) groups is 1. The SMILES string of the molecule is Cc1cncc(N2CCCN(C(=O)c3ccn(C)n3)CC2)n1. The Labute approximate surface area is 129 Å². The van der Waals surface area contributed by atoms with Crippen LogP contribution in [0.2, 0.25) is 0 Å². The Morgan fingerprint density at radius 3 is 2.77 bits per heavy atom. The lowest BCUT2D eigenvalue weighted by Gasteiger charge is -2.22. The first kappa shape index (κ1) is 14.5. The van der Waals surface area contributed by atoms with Crippen LogP contribution in [-0.4, -0.2) is 56.7 Å². The van der Waals surface area contributed by atoms with E-state index in [1.54, 1.807) is 29.3 Å². The smallest absolute Gasteiger partial charge is 0.274 e. The van der Waals surface area contributed by atoms with Crippen LogP contribution in [0, 0.1) is 6.92 Å². The van der Waals surface area contributed by atoms with Crippen LogP contribution in [0.5, 0.6) is 0 Å². The number of carbonyl (C=O) groups excluding carboxylic acids is 1. The second-order valence-corrected chi connectivity index (χ2v) is 5.53. The lowest BCUT2D eigenvalue weighted by molar-refractivity contribution is 0.0760. The molecule has 1 aliphatic rings. The molecule has 2 aromatic heterocycles. The quantitative estimate of drug-likeness (QED) is 0.823. The van der Waals surface area contributed by atoms with Crippen molar-refractivity contribution < 1.29 is 4.79 Å². The third kappa shape index (κ3) is 3.08. The van der Waals surface area contributed by atoms with Gasteiger partial charge in [-0.05, 0) is 19.4 Å². The molecule has 3 heterocycles. The van der Waals surface area contributed by atoms with Crippen molar-refractivity contribution in [2.24, 2.45) is 7.05 Å². The molecule has 1 amide bonds. The van der Waals surface area contributed by atoms with Crippen LogP contribution in [0.4, 0.5) is 5.82 Å². The van der Waals surface area contributed by atoms with E-state index in [1.807, 2.05) is 18.9 Å². The summed E-state index contributed by atoms with van der Waals surface area (Å²) in [5, 5.41) is 4.19. The zero-order chi connectivity index (χ0) is 15.5. The van der Waals surface area contributed by atoms with Gasteiger partial charge in [-0.15, -0.1) is 0 Å². The summed E-state index contributed by atoms with van der Waals surface area (Å²) in [7, 11) is 1.82. The molecular weight excluding hydrogens is 280 g/mol. The minimum absolute atomic E-state index is 0.00206. The summed E-state index contributed by atoms with van der Waals surface area (Å²) in [6.07, 6.45) is 6.23. The molecule has 0 unspecified atom stereocenters. The first-order chi connectivity index (χ1) is 10.6. The standard InChI is InChI=1S/C15H20N6O/c1-12-10-16-11-14(17-12)20-5-3-6-21(9-8-20)15(22)13-4-7-19(2)18-13/h4,7,10-11H,3,5-6,8-9H2,1-2H3. The average Bonchev–Trinajstić information content (AvgIpc) is 2.80. The lowest BCUT2D eigenvalue weighted by Crippen LogP contribution is -2.35. The van der Waals surface area contributed by atoms with E-state index in [2.05, 4.69) is 20.0 Å².